The average molecular weight is 289 g/mol. The summed E-state index contributed by atoms with van der Waals surface area (Å²) in [4.78, 5) is 16.6. The summed E-state index contributed by atoms with van der Waals surface area (Å²) < 4.78 is 0. The molecule has 0 saturated carbocycles. The Hall–Kier alpha value is -1.39. The summed E-state index contributed by atoms with van der Waals surface area (Å²) >= 11 is 0. The monoisotopic (exact) mass is 289 g/mol. The first-order valence-electron chi connectivity index (χ1n) is 7.53. The summed E-state index contributed by atoms with van der Waals surface area (Å²) in [6.07, 6.45) is -0.0349. The summed E-state index contributed by atoms with van der Waals surface area (Å²) in [6.45, 7) is 9.04. The van der Waals surface area contributed by atoms with Gasteiger partial charge in [-0.1, -0.05) is 29.8 Å². The molecule has 2 atom stereocenters. The zero-order valence-electron chi connectivity index (χ0n) is 14.0. The Bertz CT molecular complexity index is 507. The van der Waals surface area contributed by atoms with Crippen molar-refractivity contribution in [2.24, 2.45) is 0 Å². The molecule has 1 aromatic rings. The van der Waals surface area contributed by atoms with Gasteiger partial charge in [0.15, 0.2) is 0 Å². The first kappa shape index (κ1) is 16.0. The third kappa shape index (κ3) is 3.27. The number of likely N-dealkylation sites (N-methyl/N-ethyl adjacent to an activating group) is 1. The number of nitrogens with zero attached hydrogens (tertiary/aromatic N) is 2. The molecule has 1 heterocycles. The van der Waals surface area contributed by atoms with Gasteiger partial charge in [-0.05, 0) is 47.4 Å². The maximum Gasteiger partial charge on any atom is 0.241 e. The number of hydrogen-bond donors (Lipinski definition) is 1. The highest BCUT2D eigenvalue weighted by atomic mass is 16.2. The second kappa shape index (κ2) is 5.78. The van der Waals surface area contributed by atoms with E-state index in [1.165, 1.54) is 5.56 Å². The third-order valence-electron chi connectivity index (χ3n) is 4.53. The molecular weight excluding hydrogens is 262 g/mol. The standard InChI is InChI=1S/C17H27N3O/c1-12-7-9-14(10-8-12)15-18-13(2)16(21)20(15)11-17(3,4)19(5)6/h7-10,13,15,18H,11H2,1-6H3. The van der Waals surface area contributed by atoms with Crippen molar-refractivity contribution in [3.8, 4) is 0 Å². The van der Waals surface area contributed by atoms with Crippen LogP contribution in [0.5, 0.6) is 0 Å². The van der Waals surface area contributed by atoms with Crippen LogP contribution in [0.25, 0.3) is 0 Å². The van der Waals surface area contributed by atoms with Crippen molar-refractivity contribution in [3.05, 3.63) is 35.4 Å². The summed E-state index contributed by atoms with van der Waals surface area (Å²) in [7, 11) is 4.11. The van der Waals surface area contributed by atoms with Gasteiger partial charge in [0.05, 0.1) is 6.04 Å². The Morgan fingerprint density at radius 3 is 2.33 bits per heavy atom. The van der Waals surface area contributed by atoms with Crippen LogP contribution in [0.2, 0.25) is 0 Å². The van der Waals surface area contributed by atoms with Crippen LogP contribution in [0.3, 0.4) is 0 Å². The second-order valence-corrected chi connectivity index (χ2v) is 6.87. The van der Waals surface area contributed by atoms with Gasteiger partial charge in [-0.25, -0.2) is 0 Å². The minimum Gasteiger partial charge on any atom is -0.320 e. The van der Waals surface area contributed by atoms with E-state index < -0.39 is 0 Å². The molecule has 0 radical (unpaired) electrons. The molecule has 0 spiro atoms. The Morgan fingerprint density at radius 1 is 1.24 bits per heavy atom. The molecule has 0 aromatic heterocycles. The maximum absolute atomic E-state index is 12.5. The number of hydrogen-bond acceptors (Lipinski definition) is 3. The predicted octanol–water partition coefficient (Wildman–Crippen LogP) is 2.15. The zero-order valence-corrected chi connectivity index (χ0v) is 14.0. The first-order valence-corrected chi connectivity index (χ1v) is 7.53. The molecule has 1 aliphatic heterocycles. The van der Waals surface area contributed by atoms with E-state index in [1.807, 2.05) is 11.8 Å². The normalized spacial score (nSPS) is 23.2. The second-order valence-electron chi connectivity index (χ2n) is 6.87. The van der Waals surface area contributed by atoms with E-state index in [9.17, 15) is 4.79 Å². The number of carbonyl (C=O) groups excluding carboxylic acids is 1. The van der Waals surface area contributed by atoms with Crippen LogP contribution in [0.4, 0.5) is 0 Å². The van der Waals surface area contributed by atoms with Crippen molar-refractivity contribution in [2.45, 2.75) is 45.4 Å². The third-order valence-corrected chi connectivity index (χ3v) is 4.53. The van der Waals surface area contributed by atoms with E-state index in [1.54, 1.807) is 0 Å². The largest absolute Gasteiger partial charge is 0.320 e. The first-order chi connectivity index (χ1) is 9.72. The van der Waals surface area contributed by atoms with E-state index in [4.69, 9.17) is 0 Å². The molecule has 2 unspecified atom stereocenters. The Kier molecular flexibility index (Phi) is 4.40. The van der Waals surface area contributed by atoms with Crippen molar-refractivity contribution < 1.29 is 4.79 Å². The molecule has 116 valence electrons. The molecule has 4 heteroatoms. The van der Waals surface area contributed by atoms with Crippen LogP contribution in [0.1, 0.15) is 38.1 Å². The van der Waals surface area contributed by atoms with Gasteiger partial charge in [-0.3, -0.25) is 10.1 Å². The summed E-state index contributed by atoms with van der Waals surface area (Å²) in [6, 6.07) is 8.27. The fourth-order valence-corrected chi connectivity index (χ4v) is 2.53. The topological polar surface area (TPSA) is 35.6 Å². The Labute approximate surface area is 128 Å². The van der Waals surface area contributed by atoms with Crippen molar-refractivity contribution >= 4 is 5.91 Å². The van der Waals surface area contributed by atoms with Gasteiger partial charge in [0.1, 0.15) is 6.17 Å². The fourth-order valence-electron chi connectivity index (χ4n) is 2.53. The Morgan fingerprint density at radius 2 is 1.81 bits per heavy atom. The molecule has 0 aliphatic carbocycles. The molecule has 4 nitrogen and oxygen atoms in total. The van der Waals surface area contributed by atoms with Gasteiger partial charge < -0.3 is 9.80 Å². The van der Waals surface area contributed by atoms with Crippen LogP contribution in [-0.2, 0) is 4.79 Å². The summed E-state index contributed by atoms with van der Waals surface area (Å²) in [5.41, 5.74) is 2.31. The minimum absolute atomic E-state index is 0.0349. The lowest BCUT2D eigenvalue weighted by molar-refractivity contribution is -0.131. The summed E-state index contributed by atoms with van der Waals surface area (Å²) in [5.74, 6) is 0.176. The van der Waals surface area contributed by atoms with Gasteiger partial charge in [-0.15, -0.1) is 0 Å². The van der Waals surface area contributed by atoms with E-state index in [0.29, 0.717) is 6.54 Å². The minimum atomic E-state index is -0.130. The highest BCUT2D eigenvalue weighted by Gasteiger charge is 2.40. The van der Waals surface area contributed by atoms with E-state index in [-0.39, 0.29) is 23.7 Å². The fraction of sp³-hybridized carbons (Fsp3) is 0.588. The number of aryl methyl sites for hydroxylation is 1. The van der Waals surface area contributed by atoms with Crippen molar-refractivity contribution in [1.29, 1.82) is 0 Å². The van der Waals surface area contributed by atoms with Gasteiger partial charge in [0.2, 0.25) is 5.91 Å². The highest BCUT2D eigenvalue weighted by molar-refractivity contribution is 5.84. The van der Waals surface area contributed by atoms with Crippen LogP contribution in [0.15, 0.2) is 24.3 Å². The van der Waals surface area contributed by atoms with Crippen molar-refractivity contribution in [1.82, 2.24) is 15.1 Å². The zero-order chi connectivity index (χ0) is 15.8. The molecule has 1 fully saturated rings. The van der Waals surface area contributed by atoms with Crippen molar-refractivity contribution in [3.63, 3.8) is 0 Å². The molecular formula is C17H27N3O. The summed E-state index contributed by atoms with van der Waals surface area (Å²) in [5, 5.41) is 3.41. The molecule has 1 N–H and O–H groups in total. The molecule has 1 aliphatic rings. The van der Waals surface area contributed by atoms with Gasteiger partial charge >= 0.3 is 0 Å². The maximum atomic E-state index is 12.5. The van der Waals surface area contributed by atoms with E-state index >= 15 is 0 Å². The van der Waals surface area contributed by atoms with Crippen LogP contribution in [0, 0.1) is 6.92 Å². The molecule has 2 rings (SSSR count). The number of nitrogens with one attached hydrogen (secondary N) is 1. The van der Waals surface area contributed by atoms with Gasteiger partial charge in [0, 0.05) is 12.1 Å². The molecule has 0 bridgehead atoms. The SMILES string of the molecule is Cc1ccc(C2NC(C)C(=O)N2CC(C)(C)N(C)C)cc1. The van der Waals surface area contributed by atoms with E-state index in [0.717, 1.165) is 5.56 Å². The Balaban J connectivity index is 2.27. The molecule has 21 heavy (non-hydrogen) atoms. The predicted molar refractivity (Wildman–Crippen MR) is 86.0 cm³/mol. The van der Waals surface area contributed by atoms with Crippen molar-refractivity contribution in [2.75, 3.05) is 20.6 Å². The smallest absolute Gasteiger partial charge is 0.241 e. The number of carbonyl (C=O) groups is 1. The van der Waals surface area contributed by atoms with Gasteiger partial charge in [0.25, 0.3) is 0 Å². The van der Waals surface area contributed by atoms with Crippen LogP contribution < -0.4 is 5.32 Å². The number of amides is 1. The quantitative estimate of drug-likeness (QED) is 0.922. The lowest BCUT2D eigenvalue weighted by atomic mass is 10.0. The lowest BCUT2D eigenvalue weighted by Gasteiger charge is -2.38. The van der Waals surface area contributed by atoms with Gasteiger partial charge in [-0.2, -0.15) is 0 Å². The van der Waals surface area contributed by atoms with Crippen LogP contribution >= 0.6 is 0 Å². The lowest BCUT2D eigenvalue weighted by Crippen LogP contribution is -2.49. The molecule has 1 aromatic carbocycles. The number of rotatable bonds is 4. The molecule has 1 amide bonds. The highest BCUT2D eigenvalue weighted by Crippen LogP contribution is 2.28. The van der Waals surface area contributed by atoms with Crippen LogP contribution in [-0.4, -0.2) is 47.9 Å². The number of benzene rings is 1. The molecule has 1 saturated heterocycles. The van der Waals surface area contributed by atoms with E-state index in [2.05, 4.69) is 69.3 Å². The average Bonchev–Trinajstić information content (AvgIpc) is 2.67.